The Hall–Kier alpha value is -2.41. The summed E-state index contributed by atoms with van der Waals surface area (Å²) in [4.78, 5) is 10.3. The minimum Gasteiger partial charge on any atom is -0.493 e. The van der Waals surface area contributed by atoms with Gasteiger partial charge in [0, 0.05) is 11.6 Å². The normalized spacial score (nSPS) is 10.3. The number of methoxy groups -OCH3 is 1. The molecule has 1 aromatic carbocycles. The summed E-state index contributed by atoms with van der Waals surface area (Å²) in [6, 6.07) is 4.06. The third-order valence-electron chi connectivity index (χ3n) is 2.99. The first-order valence-electron chi connectivity index (χ1n) is 5.93. The number of nitro groups is 1. The molecule has 0 fully saturated rings. The average Bonchev–Trinajstić information content (AvgIpc) is 2.47. The van der Waals surface area contributed by atoms with E-state index < -0.39 is 4.92 Å². The minimum absolute atomic E-state index is 0.109. The lowest BCUT2D eigenvalue weighted by Gasteiger charge is -2.12. The fraction of sp³-hybridized carbons (Fsp3) is 0.231. The monoisotopic (exact) mass is 309 g/mol. The maximum absolute atomic E-state index is 10.8. The molecule has 0 amide bonds. The lowest BCUT2D eigenvalue weighted by atomic mass is 10.2. The van der Waals surface area contributed by atoms with Crippen LogP contribution in [0, 0.1) is 24.0 Å². The molecule has 7 nitrogen and oxygen atoms in total. The largest absolute Gasteiger partial charge is 0.493 e. The van der Waals surface area contributed by atoms with Crippen molar-refractivity contribution in [2.45, 2.75) is 13.8 Å². The first-order chi connectivity index (χ1) is 9.93. The second kappa shape index (κ2) is 5.92. The number of halogens is 1. The first kappa shape index (κ1) is 15.0. The molecule has 0 spiro atoms. The quantitative estimate of drug-likeness (QED) is 0.635. The van der Waals surface area contributed by atoms with E-state index in [2.05, 4.69) is 10.2 Å². The molecule has 0 aliphatic rings. The molecule has 0 N–H and O–H groups in total. The van der Waals surface area contributed by atoms with Gasteiger partial charge in [0.25, 0.3) is 5.69 Å². The van der Waals surface area contributed by atoms with Crippen LogP contribution in [0.2, 0.25) is 5.15 Å². The van der Waals surface area contributed by atoms with Gasteiger partial charge in [-0.1, -0.05) is 11.6 Å². The van der Waals surface area contributed by atoms with Crippen LogP contribution in [-0.2, 0) is 0 Å². The summed E-state index contributed by atoms with van der Waals surface area (Å²) in [5, 5.41) is 18.7. The number of hydrogen-bond donors (Lipinski definition) is 0. The zero-order chi connectivity index (χ0) is 15.6. The smallest absolute Gasteiger partial charge is 0.273 e. The Morgan fingerprint density at radius 1 is 1.19 bits per heavy atom. The number of benzene rings is 1. The molecule has 0 unspecified atom stereocenters. The molecule has 1 aromatic heterocycles. The van der Waals surface area contributed by atoms with Crippen LogP contribution in [0.3, 0.4) is 0 Å². The van der Waals surface area contributed by atoms with Crippen molar-refractivity contribution in [1.82, 2.24) is 10.2 Å². The third-order valence-corrected chi connectivity index (χ3v) is 3.35. The molecule has 0 aliphatic carbocycles. The Kier molecular flexibility index (Phi) is 4.23. The van der Waals surface area contributed by atoms with Gasteiger partial charge in [-0.25, -0.2) is 0 Å². The Labute approximate surface area is 125 Å². The molecule has 0 aliphatic heterocycles. The van der Waals surface area contributed by atoms with Gasteiger partial charge in [-0.2, -0.15) is 0 Å². The van der Waals surface area contributed by atoms with Gasteiger partial charge in [-0.05, 0) is 25.5 Å². The summed E-state index contributed by atoms with van der Waals surface area (Å²) in [5.74, 6) is 0.760. The van der Waals surface area contributed by atoms with Crippen molar-refractivity contribution in [2.75, 3.05) is 7.11 Å². The number of hydrogen-bond acceptors (Lipinski definition) is 6. The van der Waals surface area contributed by atoms with E-state index >= 15 is 0 Å². The Morgan fingerprint density at radius 3 is 2.52 bits per heavy atom. The van der Waals surface area contributed by atoms with E-state index in [0.29, 0.717) is 11.3 Å². The van der Waals surface area contributed by atoms with Gasteiger partial charge in [0.1, 0.15) is 0 Å². The van der Waals surface area contributed by atoms with E-state index in [-0.39, 0.29) is 22.5 Å². The SMILES string of the molecule is COc1ccc([N+](=O)[O-])cc1Oc1nnc(Cl)c(C)c1C. The number of nitrogens with zero attached hydrogens (tertiary/aromatic N) is 3. The van der Waals surface area contributed by atoms with Crippen molar-refractivity contribution >= 4 is 17.3 Å². The lowest BCUT2D eigenvalue weighted by Crippen LogP contribution is -1.99. The van der Waals surface area contributed by atoms with Gasteiger partial charge in [-0.15, -0.1) is 10.2 Å². The summed E-state index contributed by atoms with van der Waals surface area (Å²) in [7, 11) is 1.44. The Balaban J connectivity index is 2.45. The highest BCUT2D eigenvalue weighted by Gasteiger charge is 2.16. The van der Waals surface area contributed by atoms with E-state index in [1.54, 1.807) is 13.8 Å². The Morgan fingerprint density at radius 2 is 1.90 bits per heavy atom. The number of aromatic nitrogens is 2. The van der Waals surface area contributed by atoms with Gasteiger partial charge in [-0.3, -0.25) is 10.1 Å². The standard InChI is InChI=1S/C13H12ClN3O4/c1-7-8(2)13(16-15-12(7)14)21-11-6-9(17(18)19)4-5-10(11)20-3/h4-6H,1-3H3. The summed E-state index contributed by atoms with van der Waals surface area (Å²) in [5.41, 5.74) is 1.32. The highest BCUT2D eigenvalue weighted by molar-refractivity contribution is 6.30. The summed E-state index contributed by atoms with van der Waals surface area (Å²) in [6.45, 7) is 3.55. The fourth-order valence-electron chi connectivity index (χ4n) is 1.61. The van der Waals surface area contributed by atoms with Crippen LogP contribution in [0.4, 0.5) is 5.69 Å². The van der Waals surface area contributed by atoms with E-state index in [9.17, 15) is 10.1 Å². The van der Waals surface area contributed by atoms with Gasteiger partial charge in [0.05, 0.1) is 18.1 Å². The zero-order valence-corrected chi connectivity index (χ0v) is 12.3. The molecule has 0 saturated heterocycles. The van der Waals surface area contributed by atoms with Crippen molar-refractivity contribution in [1.29, 1.82) is 0 Å². The van der Waals surface area contributed by atoms with Crippen molar-refractivity contribution in [3.05, 3.63) is 44.6 Å². The fourth-order valence-corrected chi connectivity index (χ4v) is 1.79. The molecule has 0 saturated carbocycles. The maximum atomic E-state index is 10.8. The summed E-state index contributed by atoms with van der Waals surface area (Å²) < 4.78 is 10.7. The first-order valence-corrected chi connectivity index (χ1v) is 6.31. The molecular weight excluding hydrogens is 298 g/mol. The van der Waals surface area contributed by atoms with Crippen LogP contribution < -0.4 is 9.47 Å². The molecule has 110 valence electrons. The van der Waals surface area contributed by atoms with Crippen molar-refractivity contribution in [3.8, 4) is 17.4 Å². The van der Waals surface area contributed by atoms with E-state index in [1.807, 2.05) is 0 Å². The number of rotatable bonds is 4. The van der Waals surface area contributed by atoms with Crippen LogP contribution in [-0.4, -0.2) is 22.2 Å². The van der Waals surface area contributed by atoms with Crippen LogP contribution in [0.15, 0.2) is 18.2 Å². The topological polar surface area (TPSA) is 87.4 Å². The maximum Gasteiger partial charge on any atom is 0.273 e. The van der Waals surface area contributed by atoms with E-state index in [1.165, 1.54) is 25.3 Å². The highest BCUT2D eigenvalue weighted by Crippen LogP contribution is 2.35. The molecule has 1 heterocycles. The minimum atomic E-state index is -0.516. The van der Waals surface area contributed by atoms with Crippen molar-refractivity contribution in [3.63, 3.8) is 0 Å². The average molecular weight is 310 g/mol. The predicted molar refractivity (Wildman–Crippen MR) is 76.2 cm³/mol. The second-order valence-corrected chi connectivity index (χ2v) is 4.60. The molecular formula is C13H12ClN3O4. The van der Waals surface area contributed by atoms with Crippen LogP contribution >= 0.6 is 11.6 Å². The lowest BCUT2D eigenvalue weighted by molar-refractivity contribution is -0.384. The van der Waals surface area contributed by atoms with Gasteiger partial charge in [0.15, 0.2) is 16.7 Å². The summed E-state index contributed by atoms with van der Waals surface area (Å²) in [6.07, 6.45) is 0. The number of nitro benzene ring substituents is 1. The van der Waals surface area contributed by atoms with Crippen LogP contribution in [0.1, 0.15) is 11.1 Å². The number of ether oxygens (including phenoxy) is 2. The Bertz CT molecular complexity index is 706. The van der Waals surface area contributed by atoms with E-state index in [0.717, 1.165) is 5.56 Å². The molecule has 2 rings (SSSR count). The highest BCUT2D eigenvalue weighted by atomic mass is 35.5. The molecule has 8 heteroatoms. The van der Waals surface area contributed by atoms with Gasteiger partial charge in [0.2, 0.25) is 5.88 Å². The molecule has 0 radical (unpaired) electrons. The van der Waals surface area contributed by atoms with E-state index in [4.69, 9.17) is 21.1 Å². The van der Waals surface area contributed by atoms with Gasteiger partial charge >= 0.3 is 0 Å². The number of non-ortho nitro benzene ring substituents is 1. The molecule has 0 bridgehead atoms. The van der Waals surface area contributed by atoms with Crippen LogP contribution in [0.25, 0.3) is 0 Å². The van der Waals surface area contributed by atoms with Gasteiger partial charge < -0.3 is 9.47 Å². The van der Waals surface area contributed by atoms with Crippen LogP contribution in [0.5, 0.6) is 17.4 Å². The second-order valence-electron chi connectivity index (χ2n) is 4.24. The molecule has 0 atom stereocenters. The van der Waals surface area contributed by atoms with Crippen molar-refractivity contribution in [2.24, 2.45) is 0 Å². The van der Waals surface area contributed by atoms with Crippen molar-refractivity contribution < 1.29 is 14.4 Å². The third kappa shape index (κ3) is 3.03. The predicted octanol–water partition coefficient (Wildman–Crippen LogP) is 3.46. The molecule has 21 heavy (non-hydrogen) atoms. The molecule has 2 aromatic rings. The summed E-state index contributed by atoms with van der Waals surface area (Å²) >= 11 is 5.87. The zero-order valence-electron chi connectivity index (χ0n) is 11.6.